The Balaban J connectivity index is 1.77. The van der Waals surface area contributed by atoms with E-state index in [4.69, 9.17) is 4.42 Å². The zero-order chi connectivity index (χ0) is 19.8. The summed E-state index contributed by atoms with van der Waals surface area (Å²) in [7, 11) is -3.78. The van der Waals surface area contributed by atoms with Crippen LogP contribution in [0, 0.1) is 32.1 Å². The number of hydrogen-bond acceptors (Lipinski definition) is 5. The number of carbonyl (C=O) groups is 1. The topological polar surface area (TPSA) is 94.6 Å². The number of furan rings is 1. The van der Waals surface area contributed by atoms with Crippen molar-refractivity contribution in [2.75, 3.05) is 26.2 Å². The molecule has 8 heteroatoms. The molecule has 1 aliphatic rings. The van der Waals surface area contributed by atoms with Crippen LogP contribution in [-0.4, -0.2) is 49.7 Å². The minimum Gasteiger partial charge on any atom is -0.466 e. The van der Waals surface area contributed by atoms with Crippen molar-refractivity contribution in [1.29, 1.82) is 5.26 Å². The van der Waals surface area contributed by atoms with Crippen molar-refractivity contribution >= 4 is 15.9 Å². The summed E-state index contributed by atoms with van der Waals surface area (Å²) in [4.78, 5) is 14.5. The zero-order valence-electron chi connectivity index (χ0n) is 15.5. The average Bonchev–Trinajstić information content (AvgIpc) is 2.93. The van der Waals surface area contributed by atoms with E-state index in [-0.39, 0.29) is 42.5 Å². The molecule has 0 atom stereocenters. The van der Waals surface area contributed by atoms with Gasteiger partial charge in [-0.05, 0) is 32.9 Å². The molecule has 1 saturated heterocycles. The van der Waals surface area contributed by atoms with Crippen LogP contribution < -0.4 is 0 Å². The Morgan fingerprint density at radius 2 is 1.70 bits per heavy atom. The van der Waals surface area contributed by atoms with E-state index in [1.807, 2.05) is 19.9 Å². The van der Waals surface area contributed by atoms with Gasteiger partial charge in [0, 0.05) is 31.7 Å². The minimum atomic E-state index is -3.78. The second-order valence-electron chi connectivity index (χ2n) is 6.52. The van der Waals surface area contributed by atoms with Gasteiger partial charge in [0.15, 0.2) is 0 Å². The SMILES string of the molecule is Cc1oc(C)c(C(=O)N2CCN(S(=O)(=O)c3ccccc3C#N)CC2)c1C. The van der Waals surface area contributed by atoms with E-state index in [1.54, 1.807) is 24.0 Å². The Morgan fingerprint density at radius 1 is 1.07 bits per heavy atom. The van der Waals surface area contributed by atoms with Gasteiger partial charge < -0.3 is 9.32 Å². The molecular formula is C19H21N3O4S. The first-order valence-electron chi connectivity index (χ1n) is 8.62. The zero-order valence-corrected chi connectivity index (χ0v) is 16.3. The van der Waals surface area contributed by atoms with Crippen molar-refractivity contribution < 1.29 is 17.6 Å². The van der Waals surface area contributed by atoms with E-state index >= 15 is 0 Å². The molecule has 0 N–H and O–H groups in total. The lowest BCUT2D eigenvalue weighted by Gasteiger charge is -2.34. The van der Waals surface area contributed by atoms with Gasteiger partial charge in [-0.3, -0.25) is 4.79 Å². The minimum absolute atomic E-state index is 0.00410. The van der Waals surface area contributed by atoms with Gasteiger partial charge in [-0.25, -0.2) is 8.42 Å². The van der Waals surface area contributed by atoms with E-state index in [0.29, 0.717) is 17.1 Å². The number of piperazine rings is 1. The largest absolute Gasteiger partial charge is 0.466 e. The molecule has 1 aromatic carbocycles. The van der Waals surface area contributed by atoms with Crippen LogP contribution in [0.4, 0.5) is 0 Å². The molecule has 2 aromatic rings. The van der Waals surface area contributed by atoms with Crippen LogP contribution in [0.1, 0.15) is 33.0 Å². The van der Waals surface area contributed by atoms with Gasteiger partial charge in [0.1, 0.15) is 17.6 Å². The van der Waals surface area contributed by atoms with Crippen molar-refractivity contribution in [1.82, 2.24) is 9.21 Å². The number of benzene rings is 1. The predicted octanol–water partition coefficient (Wildman–Crippen LogP) is 2.22. The normalized spacial score (nSPS) is 15.6. The highest BCUT2D eigenvalue weighted by Crippen LogP contribution is 2.25. The van der Waals surface area contributed by atoms with Crippen molar-refractivity contribution in [2.24, 2.45) is 0 Å². The molecule has 27 heavy (non-hydrogen) atoms. The van der Waals surface area contributed by atoms with Crippen LogP contribution >= 0.6 is 0 Å². The molecule has 0 unspecified atom stereocenters. The third-order valence-electron chi connectivity index (χ3n) is 4.93. The van der Waals surface area contributed by atoms with Gasteiger partial charge in [0.05, 0.1) is 16.0 Å². The van der Waals surface area contributed by atoms with E-state index in [9.17, 15) is 18.5 Å². The van der Waals surface area contributed by atoms with Gasteiger partial charge >= 0.3 is 0 Å². The van der Waals surface area contributed by atoms with Crippen molar-refractivity contribution in [3.8, 4) is 6.07 Å². The third-order valence-corrected chi connectivity index (χ3v) is 6.88. The van der Waals surface area contributed by atoms with Crippen LogP contribution in [0.3, 0.4) is 0 Å². The van der Waals surface area contributed by atoms with Crippen molar-refractivity contribution in [3.63, 3.8) is 0 Å². The first-order chi connectivity index (χ1) is 12.8. The van der Waals surface area contributed by atoms with Crippen LogP contribution in [0.25, 0.3) is 0 Å². The Labute approximate surface area is 158 Å². The van der Waals surface area contributed by atoms with Crippen LogP contribution in [0.5, 0.6) is 0 Å². The molecule has 0 saturated carbocycles. The van der Waals surface area contributed by atoms with E-state index < -0.39 is 10.0 Å². The molecule has 1 amide bonds. The molecule has 1 aromatic heterocycles. The van der Waals surface area contributed by atoms with Crippen molar-refractivity contribution in [2.45, 2.75) is 25.7 Å². The summed E-state index contributed by atoms with van der Waals surface area (Å²) in [5.41, 5.74) is 1.49. The Bertz CT molecular complexity index is 1030. The van der Waals surface area contributed by atoms with Crippen molar-refractivity contribution in [3.05, 3.63) is 52.5 Å². The lowest BCUT2D eigenvalue weighted by Crippen LogP contribution is -2.50. The van der Waals surface area contributed by atoms with E-state index in [0.717, 1.165) is 5.56 Å². The summed E-state index contributed by atoms with van der Waals surface area (Å²) in [6, 6.07) is 8.07. The first kappa shape index (κ1) is 19.1. The molecule has 2 heterocycles. The van der Waals surface area contributed by atoms with E-state index in [2.05, 4.69) is 0 Å². The standard InChI is InChI=1S/C19H21N3O4S/c1-13-14(2)26-15(3)18(13)19(23)21-8-10-22(11-9-21)27(24,25)17-7-5-4-6-16(17)12-20/h4-7H,8-11H2,1-3H3. The average molecular weight is 387 g/mol. The number of nitrogens with zero attached hydrogens (tertiary/aromatic N) is 3. The Kier molecular flexibility index (Phi) is 5.09. The molecule has 0 aliphatic carbocycles. The third kappa shape index (κ3) is 3.36. The lowest BCUT2D eigenvalue weighted by molar-refractivity contribution is 0.0695. The highest BCUT2D eigenvalue weighted by molar-refractivity contribution is 7.89. The summed E-state index contributed by atoms with van der Waals surface area (Å²) >= 11 is 0. The molecular weight excluding hydrogens is 366 g/mol. The summed E-state index contributed by atoms with van der Waals surface area (Å²) in [6.07, 6.45) is 0. The molecule has 1 aliphatic heterocycles. The summed E-state index contributed by atoms with van der Waals surface area (Å²) in [5.74, 6) is 1.15. The number of hydrogen-bond donors (Lipinski definition) is 0. The maximum absolute atomic E-state index is 12.9. The number of rotatable bonds is 3. The highest BCUT2D eigenvalue weighted by Gasteiger charge is 2.33. The van der Waals surface area contributed by atoms with Gasteiger partial charge in [0.2, 0.25) is 10.0 Å². The fraction of sp³-hybridized carbons (Fsp3) is 0.368. The number of nitriles is 1. The maximum atomic E-state index is 12.9. The van der Waals surface area contributed by atoms with Gasteiger partial charge in [-0.1, -0.05) is 12.1 Å². The molecule has 1 fully saturated rings. The maximum Gasteiger partial charge on any atom is 0.257 e. The molecule has 7 nitrogen and oxygen atoms in total. The monoisotopic (exact) mass is 387 g/mol. The summed E-state index contributed by atoms with van der Waals surface area (Å²) < 4.78 is 32.6. The van der Waals surface area contributed by atoms with Crippen LogP contribution in [0.2, 0.25) is 0 Å². The quantitative estimate of drug-likeness (QED) is 0.805. The molecule has 3 rings (SSSR count). The number of aryl methyl sites for hydroxylation is 2. The van der Waals surface area contributed by atoms with Gasteiger partial charge in [-0.2, -0.15) is 9.57 Å². The summed E-state index contributed by atoms with van der Waals surface area (Å²) in [5, 5.41) is 9.18. The van der Waals surface area contributed by atoms with E-state index in [1.165, 1.54) is 16.4 Å². The van der Waals surface area contributed by atoms with Crippen LogP contribution in [-0.2, 0) is 10.0 Å². The lowest BCUT2D eigenvalue weighted by atomic mass is 10.1. The fourth-order valence-electron chi connectivity index (χ4n) is 3.32. The van der Waals surface area contributed by atoms with Gasteiger partial charge in [-0.15, -0.1) is 0 Å². The smallest absolute Gasteiger partial charge is 0.257 e. The number of sulfonamides is 1. The molecule has 0 bridgehead atoms. The van der Waals surface area contributed by atoms with Gasteiger partial charge in [0.25, 0.3) is 5.91 Å². The summed E-state index contributed by atoms with van der Waals surface area (Å²) in [6.45, 7) is 6.36. The first-order valence-corrected chi connectivity index (χ1v) is 10.1. The Morgan fingerprint density at radius 3 is 2.26 bits per heavy atom. The number of carbonyl (C=O) groups excluding carboxylic acids is 1. The number of amides is 1. The molecule has 0 radical (unpaired) electrons. The fourth-order valence-corrected chi connectivity index (χ4v) is 4.89. The second kappa shape index (κ2) is 7.18. The Hall–Kier alpha value is -2.63. The second-order valence-corrected chi connectivity index (χ2v) is 8.43. The predicted molar refractivity (Wildman–Crippen MR) is 98.7 cm³/mol. The molecule has 142 valence electrons. The highest BCUT2D eigenvalue weighted by atomic mass is 32.2. The van der Waals surface area contributed by atoms with Crippen LogP contribution in [0.15, 0.2) is 33.6 Å². The molecule has 0 spiro atoms.